The second kappa shape index (κ2) is 7.76. The quantitative estimate of drug-likeness (QED) is 0.633. The van der Waals surface area contributed by atoms with Crippen molar-refractivity contribution in [3.63, 3.8) is 0 Å². The second-order valence-electron chi connectivity index (χ2n) is 9.44. The van der Waals surface area contributed by atoms with Crippen LogP contribution in [0.4, 0.5) is 5.82 Å². The molecule has 3 aromatic rings. The molecule has 0 bridgehead atoms. The molecule has 1 amide bonds. The third-order valence-corrected chi connectivity index (χ3v) is 7.07. The number of hydrogen-bond acceptors (Lipinski definition) is 4. The van der Waals surface area contributed by atoms with Gasteiger partial charge in [-0.2, -0.15) is 0 Å². The van der Waals surface area contributed by atoms with Crippen molar-refractivity contribution in [3.8, 4) is 0 Å². The number of ketones is 1. The van der Waals surface area contributed by atoms with Crippen LogP contribution in [0.3, 0.4) is 0 Å². The number of anilines is 1. The SMILES string of the molecule is Cc1cccc(C)c1CNc1nc(C(=O)N2CC(=O)C2)cc2c(C)c(C)n(CC3CC3)c12. The Morgan fingerprint density at radius 3 is 2.44 bits per heavy atom. The van der Waals surface area contributed by atoms with Gasteiger partial charge in [0.15, 0.2) is 11.6 Å². The average Bonchev–Trinajstić information content (AvgIpc) is 3.53. The number of likely N-dealkylation sites (tertiary alicyclic amines) is 1. The molecule has 2 aliphatic rings. The molecule has 1 aromatic carbocycles. The topological polar surface area (TPSA) is 67.2 Å². The molecule has 1 aliphatic heterocycles. The van der Waals surface area contributed by atoms with Crippen molar-refractivity contribution < 1.29 is 9.59 Å². The van der Waals surface area contributed by atoms with Gasteiger partial charge in [-0.1, -0.05) is 18.2 Å². The van der Waals surface area contributed by atoms with Crippen LogP contribution in [0.25, 0.3) is 10.9 Å². The highest BCUT2D eigenvalue weighted by atomic mass is 16.2. The van der Waals surface area contributed by atoms with Gasteiger partial charge < -0.3 is 14.8 Å². The summed E-state index contributed by atoms with van der Waals surface area (Å²) in [6.45, 7) is 10.5. The molecule has 2 aromatic heterocycles. The van der Waals surface area contributed by atoms with Crippen molar-refractivity contribution in [3.05, 3.63) is 57.9 Å². The van der Waals surface area contributed by atoms with Crippen molar-refractivity contribution in [2.45, 2.75) is 53.6 Å². The van der Waals surface area contributed by atoms with E-state index in [1.54, 1.807) is 4.90 Å². The Bertz CT molecular complexity index is 1220. The number of nitrogens with zero attached hydrogens (tertiary/aromatic N) is 3. The minimum absolute atomic E-state index is 0.0930. The molecule has 166 valence electrons. The standard InChI is InChI=1S/C26H30N4O2/c1-15-6-5-7-16(2)22(15)11-27-25-24-21(17(3)18(4)30(24)12-19-8-9-19)10-23(28-25)26(32)29-13-20(31)14-29/h5-7,10,19H,8-9,11-14H2,1-4H3,(H,27,28). The van der Waals surface area contributed by atoms with Crippen molar-refractivity contribution in [2.75, 3.05) is 18.4 Å². The molecular weight excluding hydrogens is 400 g/mol. The number of carbonyl (C=O) groups excluding carboxylic acids is 2. The molecule has 6 heteroatoms. The first-order valence-corrected chi connectivity index (χ1v) is 11.4. The number of aryl methyl sites for hydroxylation is 3. The molecule has 3 heterocycles. The van der Waals surface area contributed by atoms with E-state index in [1.807, 2.05) is 6.07 Å². The first-order valence-electron chi connectivity index (χ1n) is 11.4. The van der Waals surface area contributed by atoms with Crippen LogP contribution in [0.15, 0.2) is 24.3 Å². The molecule has 1 saturated carbocycles. The Morgan fingerprint density at radius 2 is 1.81 bits per heavy atom. The molecule has 1 N–H and O–H groups in total. The van der Waals surface area contributed by atoms with Crippen molar-refractivity contribution >= 4 is 28.4 Å². The summed E-state index contributed by atoms with van der Waals surface area (Å²) >= 11 is 0. The molecule has 0 unspecified atom stereocenters. The number of aromatic nitrogens is 2. The zero-order chi connectivity index (χ0) is 22.6. The predicted molar refractivity (Wildman–Crippen MR) is 126 cm³/mol. The molecule has 6 nitrogen and oxygen atoms in total. The van der Waals surface area contributed by atoms with Gasteiger partial charge in [0.05, 0.1) is 18.6 Å². The number of rotatable bonds is 6. The van der Waals surface area contributed by atoms with E-state index in [1.165, 1.54) is 40.8 Å². The van der Waals surface area contributed by atoms with E-state index in [0.29, 0.717) is 12.2 Å². The van der Waals surface area contributed by atoms with Gasteiger partial charge in [0, 0.05) is 24.2 Å². The summed E-state index contributed by atoms with van der Waals surface area (Å²) in [6.07, 6.45) is 2.55. The molecule has 1 aliphatic carbocycles. The van der Waals surface area contributed by atoms with Gasteiger partial charge in [0.25, 0.3) is 5.91 Å². The van der Waals surface area contributed by atoms with E-state index in [4.69, 9.17) is 4.98 Å². The van der Waals surface area contributed by atoms with E-state index in [0.717, 1.165) is 29.2 Å². The number of carbonyl (C=O) groups is 2. The lowest BCUT2D eigenvalue weighted by Crippen LogP contribution is -2.50. The van der Waals surface area contributed by atoms with Gasteiger partial charge in [0.2, 0.25) is 0 Å². The van der Waals surface area contributed by atoms with Crippen LogP contribution in [-0.2, 0) is 17.9 Å². The highest BCUT2D eigenvalue weighted by Crippen LogP contribution is 2.37. The second-order valence-corrected chi connectivity index (χ2v) is 9.44. The maximum atomic E-state index is 13.0. The summed E-state index contributed by atoms with van der Waals surface area (Å²) in [6, 6.07) is 8.23. The van der Waals surface area contributed by atoms with E-state index < -0.39 is 0 Å². The van der Waals surface area contributed by atoms with E-state index in [2.05, 4.69) is 55.8 Å². The van der Waals surface area contributed by atoms with E-state index in [-0.39, 0.29) is 24.8 Å². The Labute approximate surface area is 188 Å². The number of fused-ring (bicyclic) bond motifs is 1. The van der Waals surface area contributed by atoms with E-state index >= 15 is 0 Å². The smallest absolute Gasteiger partial charge is 0.273 e. The minimum atomic E-state index is -0.173. The van der Waals surface area contributed by atoms with Gasteiger partial charge in [-0.25, -0.2) is 4.98 Å². The number of Topliss-reactive ketones (excluding diaryl/α,β-unsaturated/α-hetero) is 1. The predicted octanol–water partition coefficient (Wildman–Crippen LogP) is 4.32. The molecule has 0 radical (unpaired) electrons. The van der Waals surface area contributed by atoms with Gasteiger partial charge >= 0.3 is 0 Å². The molecule has 0 atom stereocenters. The van der Waals surface area contributed by atoms with Crippen LogP contribution < -0.4 is 5.32 Å². The summed E-state index contributed by atoms with van der Waals surface area (Å²) in [7, 11) is 0. The van der Waals surface area contributed by atoms with Crippen LogP contribution in [0, 0.1) is 33.6 Å². The first kappa shape index (κ1) is 20.7. The summed E-state index contributed by atoms with van der Waals surface area (Å²) in [5.41, 5.74) is 7.62. The fraction of sp³-hybridized carbons (Fsp3) is 0.423. The van der Waals surface area contributed by atoms with Crippen LogP contribution in [0.1, 0.15) is 51.3 Å². The van der Waals surface area contributed by atoms with Crippen molar-refractivity contribution in [2.24, 2.45) is 5.92 Å². The van der Waals surface area contributed by atoms with Crippen molar-refractivity contribution in [1.29, 1.82) is 0 Å². The number of pyridine rings is 1. The molecule has 2 fully saturated rings. The Morgan fingerprint density at radius 1 is 1.12 bits per heavy atom. The molecule has 5 rings (SSSR count). The number of hydrogen-bond donors (Lipinski definition) is 1. The highest BCUT2D eigenvalue weighted by molar-refractivity contribution is 6.05. The lowest BCUT2D eigenvalue weighted by Gasteiger charge is -2.29. The normalized spacial score (nSPS) is 15.9. The largest absolute Gasteiger partial charge is 0.364 e. The van der Waals surface area contributed by atoms with Crippen molar-refractivity contribution in [1.82, 2.24) is 14.5 Å². The van der Waals surface area contributed by atoms with Gasteiger partial charge in [-0.05, 0) is 74.8 Å². The van der Waals surface area contributed by atoms with Crippen LogP contribution in [0.2, 0.25) is 0 Å². The number of benzene rings is 1. The van der Waals surface area contributed by atoms with Gasteiger partial charge in [-0.15, -0.1) is 0 Å². The third kappa shape index (κ3) is 3.57. The van der Waals surface area contributed by atoms with E-state index in [9.17, 15) is 9.59 Å². The number of amides is 1. The molecular formula is C26H30N4O2. The summed E-state index contributed by atoms with van der Waals surface area (Å²) in [5.74, 6) is 1.39. The fourth-order valence-electron chi connectivity index (χ4n) is 4.67. The summed E-state index contributed by atoms with van der Waals surface area (Å²) < 4.78 is 2.38. The zero-order valence-corrected chi connectivity index (χ0v) is 19.3. The van der Waals surface area contributed by atoms with Gasteiger partial charge in [-0.3, -0.25) is 9.59 Å². The van der Waals surface area contributed by atoms with Gasteiger partial charge in [0.1, 0.15) is 5.69 Å². The lowest BCUT2D eigenvalue weighted by molar-refractivity contribution is -0.127. The van der Waals surface area contributed by atoms with Crippen LogP contribution in [-0.4, -0.2) is 39.2 Å². The summed E-state index contributed by atoms with van der Waals surface area (Å²) in [4.78, 5) is 30.8. The Kier molecular flexibility index (Phi) is 5.03. The Balaban J connectivity index is 1.59. The summed E-state index contributed by atoms with van der Waals surface area (Å²) in [5, 5.41) is 4.64. The molecule has 32 heavy (non-hydrogen) atoms. The molecule has 1 saturated heterocycles. The van der Waals surface area contributed by atoms with Crippen LogP contribution >= 0.6 is 0 Å². The average molecular weight is 431 g/mol. The maximum absolute atomic E-state index is 13.0. The number of nitrogens with one attached hydrogen (secondary N) is 1. The maximum Gasteiger partial charge on any atom is 0.273 e. The first-order chi connectivity index (χ1) is 15.3. The minimum Gasteiger partial charge on any atom is -0.364 e. The molecule has 0 spiro atoms. The zero-order valence-electron chi connectivity index (χ0n) is 19.3. The van der Waals surface area contributed by atoms with Crippen LogP contribution in [0.5, 0.6) is 0 Å². The third-order valence-electron chi connectivity index (χ3n) is 7.07. The highest BCUT2D eigenvalue weighted by Gasteiger charge is 2.31. The lowest BCUT2D eigenvalue weighted by atomic mass is 10.0. The monoisotopic (exact) mass is 430 g/mol. The fourth-order valence-corrected chi connectivity index (χ4v) is 4.67. The Hall–Kier alpha value is -3.15.